The van der Waals surface area contributed by atoms with Gasteiger partial charge in [0.15, 0.2) is 0 Å². The number of amides is 1. The molecule has 38 heavy (non-hydrogen) atoms. The molecule has 2 aliphatic carbocycles. The Balaban J connectivity index is 1.50. The number of hydrogen-bond donors (Lipinski definition) is 1. The van der Waals surface area contributed by atoms with Crippen LogP contribution in [0.5, 0.6) is 5.75 Å². The average molecular weight is 513 g/mol. The molecule has 1 amide bonds. The average Bonchev–Trinajstić information content (AvgIpc) is 3.41. The second kappa shape index (κ2) is 8.62. The summed E-state index contributed by atoms with van der Waals surface area (Å²) in [5.74, 6) is 0.756. The molecule has 4 aliphatic rings. The van der Waals surface area contributed by atoms with Crippen molar-refractivity contribution < 1.29 is 19.4 Å². The second-order valence-electron chi connectivity index (χ2n) is 12.1. The van der Waals surface area contributed by atoms with Crippen LogP contribution in [0.2, 0.25) is 0 Å². The number of benzene rings is 2. The van der Waals surface area contributed by atoms with Crippen LogP contribution >= 0.6 is 0 Å². The fourth-order valence-electron chi connectivity index (χ4n) is 7.93. The summed E-state index contributed by atoms with van der Waals surface area (Å²) in [6.07, 6.45) is 8.95. The molecule has 6 nitrogen and oxygen atoms in total. The Morgan fingerprint density at radius 1 is 1.03 bits per heavy atom. The lowest BCUT2D eigenvalue weighted by molar-refractivity contribution is -0.138. The van der Waals surface area contributed by atoms with E-state index in [-0.39, 0.29) is 17.9 Å². The van der Waals surface area contributed by atoms with Gasteiger partial charge in [-0.1, -0.05) is 25.3 Å². The van der Waals surface area contributed by atoms with E-state index in [1.807, 2.05) is 18.2 Å². The van der Waals surface area contributed by atoms with Crippen molar-refractivity contribution in [3.63, 3.8) is 0 Å². The minimum atomic E-state index is -0.915. The number of rotatable bonds is 4. The third-order valence-corrected chi connectivity index (χ3v) is 10.0. The molecular weight excluding hydrogens is 476 g/mol. The molecule has 3 fully saturated rings. The van der Waals surface area contributed by atoms with Crippen LogP contribution in [0.15, 0.2) is 36.4 Å². The van der Waals surface area contributed by atoms with Crippen LogP contribution in [-0.4, -0.2) is 46.1 Å². The normalized spacial score (nSPS) is 26.4. The summed E-state index contributed by atoms with van der Waals surface area (Å²) in [4.78, 5) is 28.4. The van der Waals surface area contributed by atoms with Gasteiger partial charge in [-0.25, -0.2) is 4.79 Å². The Morgan fingerprint density at radius 2 is 1.84 bits per heavy atom. The Bertz CT molecular complexity index is 1470. The highest BCUT2D eigenvalue weighted by atomic mass is 16.5. The van der Waals surface area contributed by atoms with Crippen molar-refractivity contribution in [1.29, 1.82) is 0 Å². The molecule has 3 unspecified atom stereocenters. The summed E-state index contributed by atoms with van der Waals surface area (Å²) in [5, 5.41) is 11.0. The summed E-state index contributed by atoms with van der Waals surface area (Å²) < 4.78 is 8.00. The quantitative estimate of drug-likeness (QED) is 0.430. The van der Waals surface area contributed by atoms with Crippen molar-refractivity contribution in [2.45, 2.75) is 82.7 Å². The minimum Gasteiger partial charge on any atom is -0.497 e. The number of methoxy groups -OCH3 is 1. The summed E-state index contributed by atoms with van der Waals surface area (Å²) in [5.41, 5.74) is 5.69. The Hall–Kier alpha value is -3.28. The molecule has 1 aromatic heterocycles. The number of carboxylic acid groups (broad SMARTS) is 1. The molecule has 0 radical (unpaired) electrons. The molecule has 0 spiro atoms. The maximum atomic E-state index is 14.3. The van der Waals surface area contributed by atoms with Gasteiger partial charge >= 0.3 is 5.97 Å². The molecule has 1 N–H and O–H groups in total. The molecule has 7 rings (SSSR count). The lowest BCUT2D eigenvalue weighted by Gasteiger charge is -2.28. The molecule has 3 heterocycles. The van der Waals surface area contributed by atoms with Crippen molar-refractivity contribution in [2.75, 3.05) is 13.7 Å². The van der Waals surface area contributed by atoms with E-state index in [9.17, 15) is 14.7 Å². The van der Waals surface area contributed by atoms with Crippen LogP contribution in [-0.2, 0) is 11.3 Å². The Morgan fingerprint density at radius 3 is 2.55 bits per heavy atom. The molecule has 1 saturated heterocycles. The van der Waals surface area contributed by atoms with E-state index in [0.29, 0.717) is 18.0 Å². The van der Waals surface area contributed by atoms with Crippen LogP contribution in [0.3, 0.4) is 0 Å². The predicted molar refractivity (Wildman–Crippen MR) is 147 cm³/mol. The van der Waals surface area contributed by atoms with Crippen LogP contribution in [0.4, 0.5) is 0 Å². The van der Waals surface area contributed by atoms with Crippen LogP contribution in [0.1, 0.15) is 91.6 Å². The van der Waals surface area contributed by atoms with E-state index in [4.69, 9.17) is 4.74 Å². The summed E-state index contributed by atoms with van der Waals surface area (Å²) in [6.45, 7) is 3.59. The van der Waals surface area contributed by atoms with Gasteiger partial charge in [-0.05, 0) is 86.4 Å². The predicted octanol–water partition coefficient (Wildman–Crippen LogP) is 6.56. The molecule has 3 atom stereocenters. The lowest BCUT2D eigenvalue weighted by Crippen LogP contribution is -2.41. The first-order chi connectivity index (χ1) is 18.4. The summed E-state index contributed by atoms with van der Waals surface area (Å²) >= 11 is 0. The van der Waals surface area contributed by atoms with E-state index in [0.717, 1.165) is 55.3 Å². The largest absolute Gasteiger partial charge is 0.497 e. The number of aromatic carboxylic acids is 1. The first-order valence-corrected chi connectivity index (χ1v) is 14.3. The zero-order chi connectivity index (χ0) is 26.2. The minimum absolute atomic E-state index is 0.143. The first-order valence-electron chi connectivity index (χ1n) is 14.3. The van der Waals surface area contributed by atoms with Crippen molar-refractivity contribution in [1.82, 2.24) is 9.47 Å². The number of ether oxygens (including phenoxy) is 1. The lowest BCUT2D eigenvalue weighted by atomic mass is 9.81. The molecule has 2 aromatic carbocycles. The topological polar surface area (TPSA) is 71.8 Å². The van der Waals surface area contributed by atoms with Gasteiger partial charge in [0.1, 0.15) is 5.75 Å². The highest BCUT2D eigenvalue weighted by Gasteiger charge is 2.64. The fraction of sp³-hybridized carbons (Fsp3) is 0.500. The monoisotopic (exact) mass is 512 g/mol. The number of likely N-dealkylation sites (tertiary alicyclic amines) is 1. The van der Waals surface area contributed by atoms with Gasteiger partial charge < -0.3 is 19.3 Å². The zero-order valence-electron chi connectivity index (χ0n) is 22.3. The number of carbonyl (C=O) groups is 2. The number of carbonyl (C=O) groups excluding carboxylic acids is 1. The van der Waals surface area contributed by atoms with Crippen molar-refractivity contribution in [3.05, 3.63) is 53.1 Å². The molecule has 198 valence electrons. The molecule has 6 heteroatoms. The van der Waals surface area contributed by atoms with Crippen LogP contribution < -0.4 is 4.74 Å². The maximum absolute atomic E-state index is 14.3. The third-order valence-electron chi connectivity index (χ3n) is 10.0. The highest BCUT2D eigenvalue weighted by molar-refractivity contribution is 6.00. The molecule has 0 bridgehead atoms. The maximum Gasteiger partial charge on any atom is 0.335 e. The van der Waals surface area contributed by atoms with Gasteiger partial charge in [0.2, 0.25) is 5.91 Å². The van der Waals surface area contributed by atoms with E-state index in [2.05, 4.69) is 28.5 Å². The molecule has 2 saturated carbocycles. The van der Waals surface area contributed by atoms with Gasteiger partial charge in [0.25, 0.3) is 0 Å². The van der Waals surface area contributed by atoms with Gasteiger partial charge in [0.05, 0.1) is 23.8 Å². The third kappa shape index (κ3) is 3.38. The standard InChI is InChI=1S/C32H36N2O4/c1-19-7-6-14-33(19)31(37)32-17-26(32)25-16-22(38-2)11-13-23(25)29-28(20-8-4-3-5-9-20)24-12-10-21(30(35)36)15-27(24)34(29)18-32/h10-13,15-16,19-20,26H,3-9,14,17-18H2,1-2H3,(H,35,36). The SMILES string of the molecule is COc1ccc2c(c1)C1CC1(C(=O)N1CCCC1C)Cn1c-2c(C2CCCCC2)c2ccc(C(=O)O)cc21. The smallest absolute Gasteiger partial charge is 0.335 e. The second-order valence-corrected chi connectivity index (χ2v) is 12.1. The van der Waals surface area contributed by atoms with E-state index < -0.39 is 11.4 Å². The molecular formula is C32H36N2O4. The van der Waals surface area contributed by atoms with E-state index in [1.54, 1.807) is 13.2 Å². The summed E-state index contributed by atoms with van der Waals surface area (Å²) in [6, 6.07) is 12.3. The zero-order valence-corrected chi connectivity index (χ0v) is 22.3. The van der Waals surface area contributed by atoms with E-state index in [1.165, 1.54) is 41.6 Å². The van der Waals surface area contributed by atoms with E-state index >= 15 is 0 Å². The Kier molecular flexibility index (Phi) is 5.40. The summed E-state index contributed by atoms with van der Waals surface area (Å²) in [7, 11) is 1.70. The van der Waals surface area contributed by atoms with Gasteiger partial charge in [-0.2, -0.15) is 0 Å². The van der Waals surface area contributed by atoms with Gasteiger partial charge in [-0.3, -0.25) is 4.79 Å². The number of fused-ring (bicyclic) bond motifs is 7. The van der Waals surface area contributed by atoms with Crippen LogP contribution in [0, 0.1) is 5.41 Å². The number of hydrogen-bond acceptors (Lipinski definition) is 3. The molecule has 3 aromatic rings. The molecule has 2 aliphatic heterocycles. The van der Waals surface area contributed by atoms with Gasteiger partial charge in [-0.15, -0.1) is 0 Å². The number of aromatic nitrogens is 1. The fourth-order valence-corrected chi connectivity index (χ4v) is 7.93. The Labute approximate surface area is 223 Å². The van der Waals surface area contributed by atoms with Crippen molar-refractivity contribution >= 4 is 22.8 Å². The number of nitrogens with zero attached hydrogens (tertiary/aromatic N) is 2. The van der Waals surface area contributed by atoms with Gasteiger partial charge in [0, 0.05) is 41.5 Å². The van der Waals surface area contributed by atoms with Crippen molar-refractivity contribution in [2.24, 2.45) is 5.41 Å². The highest BCUT2D eigenvalue weighted by Crippen LogP contribution is 2.66. The first kappa shape index (κ1) is 23.8. The van der Waals surface area contributed by atoms with Crippen molar-refractivity contribution in [3.8, 4) is 17.0 Å². The number of carboxylic acids is 1. The van der Waals surface area contributed by atoms with Crippen LogP contribution in [0.25, 0.3) is 22.2 Å².